The van der Waals surface area contributed by atoms with Crippen LogP contribution >= 0.6 is 12.4 Å². The smallest absolute Gasteiger partial charge is 0.224 e. The van der Waals surface area contributed by atoms with Crippen molar-refractivity contribution in [3.8, 4) is 0 Å². The van der Waals surface area contributed by atoms with Gasteiger partial charge in [-0.15, -0.1) is 12.4 Å². The maximum atomic E-state index is 12.1. The molecule has 2 aliphatic rings. The van der Waals surface area contributed by atoms with Crippen LogP contribution in [0.2, 0.25) is 0 Å². The molecule has 122 valence electrons. The molecule has 0 bridgehead atoms. The number of carbonyl (C=O) groups excluding carboxylic acids is 1. The lowest BCUT2D eigenvalue weighted by Crippen LogP contribution is -2.41. The van der Waals surface area contributed by atoms with E-state index >= 15 is 0 Å². The number of rotatable bonds is 3. The van der Waals surface area contributed by atoms with Crippen LogP contribution in [0.5, 0.6) is 0 Å². The molecule has 2 atom stereocenters. The Labute approximate surface area is 137 Å². The Balaban J connectivity index is 0.00000176. The predicted octanol–water partition coefficient (Wildman–Crippen LogP) is 0.846. The number of benzene rings is 1. The topological polar surface area (TPSA) is 75.3 Å². The number of nitrogens with one attached hydrogen (secondary N) is 2. The molecule has 1 amide bonds. The van der Waals surface area contributed by atoms with Crippen molar-refractivity contribution in [1.82, 2.24) is 10.6 Å². The lowest BCUT2D eigenvalue weighted by molar-refractivity contribution is -0.124. The van der Waals surface area contributed by atoms with E-state index < -0.39 is 9.84 Å². The molecule has 0 saturated carbocycles. The average Bonchev–Trinajstić information content (AvgIpc) is 2.85. The van der Waals surface area contributed by atoms with E-state index in [-0.39, 0.29) is 41.8 Å². The summed E-state index contributed by atoms with van der Waals surface area (Å²) in [5, 5.41) is 6.31. The van der Waals surface area contributed by atoms with Gasteiger partial charge in [0.05, 0.1) is 17.4 Å². The standard InChI is InChI=1S/C15H20N2O3S.ClH/c18-15(12-6-8-21(19,20)10-12)17-9-14-13-4-2-1-3-11(13)5-7-16-14;/h1-4,12,14,16H,5-10H2,(H,17,18);1H. The second-order valence-electron chi connectivity index (χ2n) is 5.80. The average molecular weight is 345 g/mol. The minimum atomic E-state index is -3.01. The number of fused-ring (bicyclic) bond motifs is 1. The largest absolute Gasteiger partial charge is 0.354 e. The summed E-state index contributed by atoms with van der Waals surface area (Å²) >= 11 is 0. The Morgan fingerprint density at radius 3 is 2.82 bits per heavy atom. The van der Waals surface area contributed by atoms with Gasteiger partial charge in [-0.25, -0.2) is 8.42 Å². The quantitative estimate of drug-likeness (QED) is 0.852. The molecule has 1 aromatic rings. The molecule has 2 aliphatic heterocycles. The summed E-state index contributed by atoms with van der Waals surface area (Å²) in [7, 11) is -3.01. The maximum absolute atomic E-state index is 12.1. The van der Waals surface area contributed by atoms with Crippen LogP contribution in [0.25, 0.3) is 0 Å². The van der Waals surface area contributed by atoms with Gasteiger partial charge in [-0.2, -0.15) is 0 Å². The van der Waals surface area contributed by atoms with E-state index in [9.17, 15) is 13.2 Å². The van der Waals surface area contributed by atoms with Crippen LogP contribution in [-0.2, 0) is 21.1 Å². The van der Waals surface area contributed by atoms with Gasteiger partial charge < -0.3 is 10.6 Å². The predicted molar refractivity (Wildman–Crippen MR) is 87.9 cm³/mol. The zero-order valence-electron chi connectivity index (χ0n) is 12.2. The third-order valence-corrected chi connectivity index (χ3v) is 6.07. The first-order valence-corrected chi connectivity index (χ1v) is 9.16. The van der Waals surface area contributed by atoms with Crippen LogP contribution < -0.4 is 10.6 Å². The minimum Gasteiger partial charge on any atom is -0.354 e. The van der Waals surface area contributed by atoms with Crippen molar-refractivity contribution in [2.75, 3.05) is 24.6 Å². The highest BCUT2D eigenvalue weighted by Crippen LogP contribution is 2.23. The Hall–Kier alpha value is -1.11. The minimum absolute atomic E-state index is 0. The molecule has 2 heterocycles. The first-order chi connectivity index (χ1) is 10.1. The molecular weight excluding hydrogens is 324 g/mol. The zero-order valence-corrected chi connectivity index (χ0v) is 13.9. The molecule has 1 aromatic carbocycles. The van der Waals surface area contributed by atoms with Gasteiger partial charge in [-0.05, 0) is 30.5 Å². The number of halogens is 1. The van der Waals surface area contributed by atoms with Crippen molar-refractivity contribution in [3.05, 3.63) is 35.4 Å². The van der Waals surface area contributed by atoms with Crippen molar-refractivity contribution in [1.29, 1.82) is 0 Å². The van der Waals surface area contributed by atoms with Gasteiger partial charge in [0, 0.05) is 12.6 Å². The summed E-state index contributed by atoms with van der Waals surface area (Å²) in [5.74, 6) is -0.391. The molecule has 5 nitrogen and oxygen atoms in total. The second-order valence-corrected chi connectivity index (χ2v) is 8.03. The second kappa shape index (κ2) is 6.98. The number of hydrogen-bond acceptors (Lipinski definition) is 4. The van der Waals surface area contributed by atoms with E-state index in [0.717, 1.165) is 13.0 Å². The molecule has 2 N–H and O–H groups in total. The lowest BCUT2D eigenvalue weighted by atomic mass is 9.94. The fourth-order valence-corrected chi connectivity index (χ4v) is 4.87. The molecule has 0 radical (unpaired) electrons. The van der Waals surface area contributed by atoms with Crippen LogP contribution in [0.1, 0.15) is 23.6 Å². The molecule has 22 heavy (non-hydrogen) atoms. The van der Waals surface area contributed by atoms with Gasteiger partial charge in [0.25, 0.3) is 0 Å². The molecule has 0 aliphatic carbocycles. The molecule has 2 unspecified atom stereocenters. The summed E-state index contributed by atoms with van der Waals surface area (Å²) in [4.78, 5) is 12.1. The lowest BCUT2D eigenvalue weighted by Gasteiger charge is -2.27. The summed E-state index contributed by atoms with van der Waals surface area (Å²) in [6, 6.07) is 8.34. The fourth-order valence-electron chi connectivity index (χ4n) is 3.12. The molecule has 3 rings (SSSR count). The summed E-state index contributed by atoms with van der Waals surface area (Å²) in [6.45, 7) is 1.40. The molecule has 1 saturated heterocycles. The number of hydrogen-bond donors (Lipinski definition) is 2. The summed E-state index contributed by atoms with van der Waals surface area (Å²) in [6.07, 6.45) is 1.45. The van der Waals surface area contributed by atoms with Crippen molar-refractivity contribution in [2.24, 2.45) is 5.92 Å². The first kappa shape index (κ1) is 17.2. The van der Waals surface area contributed by atoms with E-state index in [0.29, 0.717) is 13.0 Å². The number of carbonyl (C=O) groups is 1. The van der Waals surface area contributed by atoms with E-state index in [1.165, 1.54) is 11.1 Å². The Morgan fingerprint density at radius 2 is 2.09 bits per heavy atom. The Kier molecular flexibility index (Phi) is 5.47. The van der Waals surface area contributed by atoms with Crippen molar-refractivity contribution >= 4 is 28.2 Å². The molecule has 1 fully saturated rings. The number of sulfone groups is 1. The SMILES string of the molecule is Cl.O=C(NCC1NCCc2ccccc21)C1CCS(=O)(=O)C1. The van der Waals surface area contributed by atoms with Crippen LogP contribution in [0, 0.1) is 5.92 Å². The third kappa shape index (κ3) is 3.80. The maximum Gasteiger partial charge on any atom is 0.224 e. The molecule has 7 heteroatoms. The highest BCUT2D eigenvalue weighted by Gasteiger charge is 2.33. The first-order valence-electron chi connectivity index (χ1n) is 7.34. The fraction of sp³-hybridized carbons (Fsp3) is 0.533. The van der Waals surface area contributed by atoms with Crippen molar-refractivity contribution < 1.29 is 13.2 Å². The van der Waals surface area contributed by atoms with Gasteiger partial charge in [0.2, 0.25) is 5.91 Å². The summed E-state index contributed by atoms with van der Waals surface area (Å²) in [5.41, 5.74) is 2.54. The van der Waals surface area contributed by atoms with Crippen LogP contribution in [-0.4, -0.2) is 38.9 Å². The highest BCUT2D eigenvalue weighted by molar-refractivity contribution is 7.91. The van der Waals surface area contributed by atoms with E-state index in [1.807, 2.05) is 12.1 Å². The van der Waals surface area contributed by atoms with E-state index in [1.54, 1.807) is 0 Å². The molecular formula is C15H21ClN2O3S. The normalized spacial score (nSPS) is 25.8. The molecule has 0 spiro atoms. The van der Waals surface area contributed by atoms with Crippen LogP contribution in [0.15, 0.2) is 24.3 Å². The van der Waals surface area contributed by atoms with Gasteiger partial charge in [-0.1, -0.05) is 24.3 Å². The van der Waals surface area contributed by atoms with Gasteiger partial charge in [0.15, 0.2) is 9.84 Å². The van der Waals surface area contributed by atoms with Crippen LogP contribution in [0.4, 0.5) is 0 Å². The van der Waals surface area contributed by atoms with Gasteiger partial charge in [-0.3, -0.25) is 4.79 Å². The highest BCUT2D eigenvalue weighted by atomic mass is 35.5. The zero-order chi connectivity index (χ0) is 14.9. The Bertz CT molecular complexity index is 648. The number of amides is 1. The monoisotopic (exact) mass is 344 g/mol. The van der Waals surface area contributed by atoms with E-state index in [2.05, 4.69) is 22.8 Å². The third-order valence-electron chi connectivity index (χ3n) is 4.30. The van der Waals surface area contributed by atoms with Gasteiger partial charge in [0.1, 0.15) is 0 Å². The summed E-state index contributed by atoms with van der Waals surface area (Å²) < 4.78 is 22.8. The van der Waals surface area contributed by atoms with E-state index in [4.69, 9.17) is 0 Å². The molecule has 0 aromatic heterocycles. The van der Waals surface area contributed by atoms with Crippen molar-refractivity contribution in [2.45, 2.75) is 18.9 Å². The van der Waals surface area contributed by atoms with Crippen LogP contribution in [0.3, 0.4) is 0 Å². The Morgan fingerprint density at radius 1 is 1.32 bits per heavy atom. The van der Waals surface area contributed by atoms with Gasteiger partial charge >= 0.3 is 0 Å². The van der Waals surface area contributed by atoms with Crippen molar-refractivity contribution in [3.63, 3.8) is 0 Å².